The Balaban J connectivity index is 3.10. The van der Waals surface area contributed by atoms with Gasteiger partial charge in [-0.2, -0.15) is 0 Å². The first-order valence-electron chi connectivity index (χ1n) is 6.02. The van der Waals surface area contributed by atoms with Gasteiger partial charge in [0.05, 0.1) is 0 Å². The Morgan fingerprint density at radius 2 is 1.12 bits per heavy atom. The summed E-state index contributed by atoms with van der Waals surface area (Å²) in [6, 6.07) is 0. The summed E-state index contributed by atoms with van der Waals surface area (Å²) in [5.74, 6) is 1.90. The monoisotopic (exact) mass is 262 g/mol. The van der Waals surface area contributed by atoms with Gasteiger partial charge >= 0.3 is 0 Å². The lowest BCUT2D eigenvalue weighted by Gasteiger charge is -2.00. The van der Waals surface area contributed by atoms with E-state index in [-0.39, 0.29) is 0 Å². The van der Waals surface area contributed by atoms with E-state index >= 15 is 0 Å². The predicted molar refractivity (Wildman–Crippen MR) is 74.0 cm³/mol. The zero-order valence-corrected chi connectivity index (χ0v) is 11.9. The van der Waals surface area contributed by atoms with Crippen molar-refractivity contribution >= 4 is 33.8 Å². The molecule has 16 heavy (non-hydrogen) atoms. The molecule has 0 rings (SSSR count). The second-order valence-electron chi connectivity index (χ2n) is 3.56. The van der Waals surface area contributed by atoms with E-state index in [1.807, 2.05) is 13.8 Å². The van der Waals surface area contributed by atoms with Crippen LogP contribution < -0.4 is 0 Å². The third kappa shape index (κ3) is 10.6. The van der Waals surface area contributed by atoms with Crippen LogP contribution in [-0.2, 0) is 9.59 Å². The van der Waals surface area contributed by atoms with Crippen molar-refractivity contribution in [1.29, 1.82) is 0 Å². The average molecular weight is 262 g/mol. The van der Waals surface area contributed by atoms with Gasteiger partial charge in [-0.15, -0.1) is 0 Å². The van der Waals surface area contributed by atoms with Crippen molar-refractivity contribution in [3.8, 4) is 0 Å². The summed E-state index contributed by atoms with van der Waals surface area (Å²) < 4.78 is 0. The molecule has 0 aliphatic carbocycles. The van der Waals surface area contributed by atoms with Gasteiger partial charge in [0.1, 0.15) is 0 Å². The summed E-state index contributed by atoms with van der Waals surface area (Å²) in [6.07, 6.45) is 5.85. The summed E-state index contributed by atoms with van der Waals surface area (Å²) in [7, 11) is 0. The molecule has 0 aromatic heterocycles. The van der Waals surface area contributed by atoms with E-state index in [0.717, 1.165) is 24.3 Å². The molecule has 0 aliphatic heterocycles. The maximum Gasteiger partial charge on any atom is 0.188 e. The maximum absolute atomic E-state index is 11.0. The van der Waals surface area contributed by atoms with Crippen molar-refractivity contribution in [3.05, 3.63) is 0 Å². The van der Waals surface area contributed by atoms with Crippen LogP contribution in [0.15, 0.2) is 0 Å². The molecule has 0 saturated carbocycles. The minimum Gasteiger partial charge on any atom is -0.287 e. The molecule has 0 N–H and O–H groups in total. The molecule has 0 aliphatic rings. The molecule has 2 nitrogen and oxygen atoms in total. The van der Waals surface area contributed by atoms with Gasteiger partial charge < -0.3 is 0 Å². The van der Waals surface area contributed by atoms with Gasteiger partial charge in [-0.3, -0.25) is 9.59 Å². The lowest BCUT2D eigenvalue weighted by atomic mass is 10.2. The first-order chi connectivity index (χ1) is 7.70. The fraction of sp³-hybridized carbons (Fsp3) is 0.833. The molecule has 0 aromatic carbocycles. The number of hydrogen-bond donors (Lipinski definition) is 0. The van der Waals surface area contributed by atoms with E-state index in [4.69, 9.17) is 0 Å². The van der Waals surface area contributed by atoms with Crippen LogP contribution in [0.2, 0.25) is 0 Å². The smallest absolute Gasteiger partial charge is 0.188 e. The van der Waals surface area contributed by atoms with E-state index in [1.165, 1.54) is 36.4 Å². The molecule has 0 aromatic rings. The number of carbonyl (C=O) groups excluding carboxylic acids is 2. The minimum atomic E-state index is 0.295. The Labute approximate surface area is 107 Å². The van der Waals surface area contributed by atoms with Crippen molar-refractivity contribution in [1.82, 2.24) is 0 Å². The molecule has 0 saturated heterocycles. The van der Waals surface area contributed by atoms with Gasteiger partial charge in [0.25, 0.3) is 0 Å². The van der Waals surface area contributed by atoms with Gasteiger partial charge in [-0.05, 0) is 12.8 Å². The molecule has 0 bridgehead atoms. The largest absolute Gasteiger partial charge is 0.287 e. The van der Waals surface area contributed by atoms with Crippen molar-refractivity contribution in [2.24, 2.45) is 0 Å². The minimum absolute atomic E-state index is 0.295. The molecular weight excluding hydrogens is 240 g/mol. The number of thioether (sulfide) groups is 2. The second kappa shape index (κ2) is 11.5. The first kappa shape index (κ1) is 16.0. The summed E-state index contributed by atoms with van der Waals surface area (Å²) in [5.41, 5.74) is 0. The van der Waals surface area contributed by atoms with Crippen LogP contribution in [0.5, 0.6) is 0 Å². The summed E-state index contributed by atoms with van der Waals surface area (Å²) in [4.78, 5) is 22.0. The molecule has 0 radical (unpaired) electrons. The number of carbonyl (C=O) groups is 2. The molecule has 0 heterocycles. The van der Waals surface area contributed by atoms with Crippen molar-refractivity contribution in [2.45, 2.75) is 52.4 Å². The third-order valence-electron chi connectivity index (χ3n) is 2.14. The van der Waals surface area contributed by atoms with Crippen LogP contribution in [0.4, 0.5) is 0 Å². The third-order valence-corrected chi connectivity index (χ3v) is 4.35. The normalized spacial score (nSPS) is 10.4. The lowest BCUT2D eigenvalue weighted by molar-refractivity contribution is -0.111. The summed E-state index contributed by atoms with van der Waals surface area (Å²) in [5, 5.41) is 0.591. The quantitative estimate of drug-likeness (QED) is 0.590. The highest BCUT2D eigenvalue weighted by Gasteiger charge is 1.99. The highest BCUT2D eigenvalue weighted by atomic mass is 32.2. The van der Waals surface area contributed by atoms with Crippen LogP contribution in [-0.4, -0.2) is 21.7 Å². The van der Waals surface area contributed by atoms with Crippen LogP contribution in [0.3, 0.4) is 0 Å². The predicted octanol–water partition coefficient (Wildman–Crippen LogP) is 3.89. The standard InChI is InChI=1S/C12H22O2S2/c1-3-11(13)15-9-7-5-6-8-10-16-12(14)4-2/h3-10H2,1-2H3. The van der Waals surface area contributed by atoms with Crippen molar-refractivity contribution < 1.29 is 9.59 Å². The second-order valence-corrected chi connectivity index (χ2v) is 5.87. The maximum atomic E-state index is 11.0. The fourth-order valence-corrected chi connectivity index (χ4v) is 2.69. The van der Waals surface area contributed by atoms with Crippen LogP contribution in [0.1, 0.15) is 52.4 Å². The summed E-state index contributed by atoms with van der Waals surface area (Å²) in [6.45, 7) is 3.80. The first-order valence-corrected chi connectivity index (χ1v) is 7.99. The Morgan fingerprint density at radius 1 is 0.750 bits per heavy atom. The topological polar surface area (TPSA) is 34.1 Å². The van der Waals surface area contributed by atoms with Crippen molar-refractivity contribution in [3.63, 3.8) is 0 Å². The Hall–Kier alpha value is 0.0400. The van der Waals surface area contributed by atoms with Gasteiger partial charge in [0, 0.05) is 24.3 Å². The van der Waals surface area contributed by atoms with E-state index < -0.39 is 0 Å². The molecule has 0 fully saturated rings. The number of unbranched alkanes of at least 4 members (excludes halogenated alkanes) is 3. The number of rotatable bonds is 9. The highest BCUT2D eigenvalue weighted by molar-refractivity contribution is 8.13. The molecule has 4 heteroatoms. The van der Waals surface area contributed by atoms with Crippen molar-refractivity contribution in [2.75, 3.05) is 11.5 Å². The number of hydrogen-bond acceptors (Lipinski definition) is 4. The van der Waals surface area contributed by atoms with E-state index in [2.05, 4.69) is 0 Å². The molecular formula is C12H22O2S2. The molecule has 0 unspecified atom stereocenters. The zero-order valence-electron chi connectivity index (χ0n) is 10.3. The van der Waals surface area contributed by atoms with Gasteiger partial charge in [-0.25, -0.2) is 0 Å². The molecule has 94 valence electrons. The fourth-order valence-electron chi connectivity index (χ4n) is 1.13. The van der Waals surface area contributed by atoms with E-state index in [0.29, 0.717) is 23.1 Å². The van der Waals surface area contributed by atoms with Gasteiger partial charge in [-0.1, -0.05) is 50.2 Å². The van der Waals surface area contributed by atoms with Crippen LogP contribution in [0, 0.1) is 0 Å². The van der Waals surface area contributed by atoms with Crippen LogP contribution in [0.25, 0.3) is 0 Å². The average Bonchev–Trinajstić information content (AvgIpc) is 2.31. The molecule has 0 atom stereocenters. The van der Waals surface area contributed by atoms with Gasteiger partial charge in [0.2, 0.25) is 0 Å². The Bertz CT molecular complexity index is 183. The Morgan fingerprint density at radius 3 is 1.44 bits per heavy atom. The summed E-state index contributed by atoms with van der Waals surface area (Å²) >= 11 is 2.90. The lowest BCUT2D eigenvalue weighted by Crippen LogP contribution is -1.92. The van der Waals surface area contributed by atoms with E-state index in [1.54, 1.807) is 0 Å². The van der Waals surface area contributed by atoms with E-state index in [9.17, 15) is 9.59 Å². The molecule has 0 amide bonds. The Kier molecular flexibility index (Phi) is 11.6. The zero-order chi connectivity index (χ0) is 12.2. The van der Waals surface area contributed by atoms with Crippen LogP contribution >= 0.6 is 23.5 Å². The highest BCUT2D eigenvalue weighted by Crippen LogP contribution is 2.13. The SMILES string of the molecule is CCC(=O)SCCCCCCSC(=O)CC. The molecule has 0 spiro atoms. The van der Waals surface area contributed by atoms with Gasteiger partial charge in [0.15, 0.2) is 10.2 Å².